The van der Waals surface area contributed by atoms with Crippen molar-refractivity contribution in [2.24, 2.45) is 0 Å². The third kappa shape index (κ3) is 6.01. The summed E-state index contributed by atoms with van der Waals surface area (Å²) >= 11 is 0. The van der Waals surface area contributed by atoms with E-state index >= 15 is 0 Å². The third-order valence-electron chi connectivity index (χ3n) is 4.10. The lowest BCUT2D eigenvalue weighted by Gasteiger charge is -2.08. The molecule has 3 rings (SSSR count). The van der Waals surface area contributed by atoms with Crippen molar-refractivity contribution in [3.63, 3.8) is 0 Å². The van der Waals surface area contributed by atoms with Crippen LogP contribution in [0.2, 0.25) is 0 Å². The van der Waals surface area contributed by atoms with Gasteiger partial charge < -0.3 is 24.6 Å². The second kappa shape index (κ2) is 10.5. The standard InChI is InChI=1S/C20H19N5O7/c1-30-15-5-7-16(8-6-15)31-12-17(26)21-9-10-22-19(27)20-23-18(24-32-20)13-3-2-4-14(11-13)25(28)29/h2-8,11H,9-10,12H2,1H3,(H,21,26)(H,22,27). The van der Waals surface area contributed by atoms with Gasteiger partial charge in [-0.05, 0) is 24.3 Å². The molecule has 3 aromatic rings. The molecule has 0 aliphatic heterocycles. The highest BCUT2D eigenvalue weighted by molar-refractivity contribution is 5.90. The summed E-state index contributed by atoms with van der Waals surface area (Å²) < 4.78 is 15.3. The second-order valence-corrected chi connectivity index (χ2v) is 6.30. The molecule has 0 atom stereocenters. The molecule has 0 saturated heterocycles. The zero-order valence-electron chi connectivity index (χ0n) is 16.9. The Morgan fingerprint density at radius 3 is 2.53 bits per heavy atom. The van der Waals surface area contributed by atoms with Crippen LogP contribution in [0.4, 0.5) is 5.69 Å². The first-order chi connectivity index (χ1) is 15.5. The zero-order chi connectivity index (χ0) is 22.9. The number of nitrogens with zero attached hydrogens (tertiary/aromatic N) is 3. The largest absolute Gasteiger partial charge is 0.497 e. The Morgan fingerprint density at radius 1 is 1.09 bits per heavy atom. The molecule has 0 saturated carbocycles. The summed E-state index contributed by atoms with van der Waals surface area (Å²) in [5, 5.41) is 19.6. The minimum Gasteiger partial charge on any atom is -0.497 e. The summed E-state index contributed by atoms with van der Waals surface area (Å²) in [5.41, 5.74) is 0.205. The van der Waals surface area contributed by atoms with Crippen LogP contribution >= 0.6 is 0 Å². The first-order valence-electron chi connectivity index (χ1n) is 9.36. The number of carbonyl (C=O) groups excluding carboxylic acids is 2. The average molecular weight is 441 g/mol. The van der Waals surface area contributed by atoms with Gasteiger partial charge in [-0.15, -0.1) is 0 Å². The van der Waals surface area contributed by atoms with Crippen LogP contribution in [-0.4, -0.2) is 53.7 Å². The van der Waals surface area contributed by atoms with Gasteiger partial charge in [0.2, 0.25) is 5.82 Å². The van der Waals surface area contributed by atoms with E-state index in [9.17, 15) is 19.7 Å². The van der Waals surface area contributed by atoms with Crippen LogP contribution in [0, 0.1) is 10.1 Å². The van der Waals surface area contributed by atoms with E-state index in [0.717, 1.165) is 0 Å². The smallest absolute Gasteiger partial charge is 0.316 e. The minimum atomic E-state index is -0.641. The molecule has 2 N–H and O–H groups in total. The van der Waals surface area contributed by atoms with E-state index in [2.05, 4.69) is 20.8 Å². The second-order valence-electron chi connectivity index (χ2n) is 6.30. The number of aromatic nitrogens is 2. The maximum Gasteiger partial charge on any atom is 0.316 e. The maximum atomic E-state index is 12.1. The van der Waals surface area contributed by atoms with Gasteiger partial charge >= 0.3 is 11.8 Å². The molecule has 32 heavy (non-hydrogen) atoms. The number of benzene rings is 2. The Hall–Kier alpha value is -4.48. The monoisotopic (exact) mass is 441 g/mol. The van der Waals surface area contributed by atoms with E-state index in [1.807, 2.05) is 0 Å². The zero-order valence-corrected chi connectivity index (χ0v) is 16.9. The van der Waals surface area contributed by atoms with Crippen molar-refractivity contribution in [2.75, 3.05) is 26.8 Å². The number of hydrogen-bond donors (Lipinski definition) is 2. The lowest BCUT2D eigenvalue weighted by molar-refractivity contribution is -0.384. The quantitative estimate of drug-likeness (QED) is 0.270. The summed E-state index contributed by atoms with van der Waals surface area (Å²) in [7, 11) is 1.55. The van der Waals surface area contributed by atoms with E-state index in [1.165, 1.54) is 18.2 Å². The highest BCUT2D eigenvalue weighted by Crippen LogP contribution is 2.21. The average Bonchev–Trinajstić information content (AvgIpc) is 3.31. The Morgan fingerprint density at radius 2 is 1.81 bits per heavy atom. The highest BCUT2D eigenvalue weighted by atomic mass is 16.6. The van der Waals surface area contributed by atoms with E-state index in [0.29, 0.717) is 17.1 Å². The van der Waals surface area contributed by atoms with Crippen molar-refractivity contribution in [3.8, 4) is 22.9 Å². The maximum absolute atomic E-state index is 12.1. The first kappa shape index (κ1) is 22.2. The molecule has 1 aromatic heterocycles. The van der Waals surface area contributed by atoms with Crippen molar-refractivity contribution in [1.29, 1.82) is 0 Å². The van der Waals surface area contributed by atoms with Crippen molar-refractivity contribution < 1.29 is 28.5 Å². The molecule has 0 aliphatic rings. The number of hydrogen-bond acceptors (Lipinski definition) is 9. The fourth-order valence-corrected chi connectivity index (χ4v) is 2.52. The minimum absolute atomic E-state index is 0.0443. The first-order valence-corrected chi connectivity index (χ1v) is 9.36. The fraction of sp³-hybridized carbons (Fsp3) is 0.200. The molecule has 2 amide bonds. The van der Waals surface area contributed by atoms with Gasteiger partial charge in [-0.1, -0.05) is 17.3 Å². The number of nitrogens with one attached hydrogen (secondary N) is 2. The van der Waals surface area contributed by atoms with Crippen LogP contribution in [0.15, 0.2) is 53.1 Å². The lowest BCUT2D eigenvalue weighted by Crippen LogP contribution is -2.36. The molecule has 166 valence electrons. The van der Waals surface area contributed by atoms with Gasteiger partial charge in [0.05, 0.1) is 12.0 Å². The van der Waals surface area contributed by atoms with Crippen molar-refractivity contribution in [2.45, 2.75) is 0 Å². The Kier molecular flexibility index (Phi) is 7.30. The third-order valence-corrected chi connectivity index (χ3v) is 4.10. The molecule has 0 spiro atoms. The van der Waals surface area contributed by atoms with Gasteiger partial charge in [0.1, 0.15) is 11.5 Å². The summed E-state index contributed by atoms with van der Waals surface area (Å²) in [6, 6.07) is 12.4. The van der Waals surface area contributed by atoms with Gasteiger partial charge in [-0.2, -0.15) is 4.98 Å². The topological polar surface area (TPSA) is 159 Å². The molecule has 1 heterocycles. The molecule has 0 bridgehead atoms. The van der Waals surface area contributed by atoms with Crippen molar-refractivity contribution in [3.05, 3.63) is 64.5 Å². The molecule has 2 aromatic carbocycles. The molecular weight excluding hydrogens is 422 g/mol. The summed E-state index contributed by atoms with van der Waals surface area (Å²) in [5.74, 6) is -0.0663. The molecule has 0 unspecified atom stereocenters. The highest BCUT2D eigenvalue weighted by Gasteiger charge is 2.17. The van der Waals surface area contributed by atoms with E-state index in [1.54, 1.807) is 37.4 Å². The number of rotatable bonds is 10. The summed E-state index contributed by atoms with van der Waals surface area (Å²) in [6.45, 7) is 0.0839. The van der Waals surface area contributed by atoms with E-state index < -0.39 is 10.8 Å². The van der Waals surface area contributed by atoms with Crippen LogP contribution < -0.4 is 20.1 Å². The predicted molar refractivity (Wildman–Crippen MR) is 110 cm³/mol. The van der Waals surface area contributed by atoms with E-state index in [4.69, 9.17) is 14.0 Å². The van der Waals surface area contributed by atoms with Gasteiger partial charge in [0.25, 0.3) is 11.6 Å². The van der Waals surface area contributed by atoms with E-state index in [-0.39, 0.29) is 43.0 Å². The van der Waals surface area contributed by atoms with Gasteiger partial charge in [-0.25, -0.2) is 0 Å². The number of carbonyl (C=O) groups is 2. The van der Waals surface area contributed by atoms with Crippen LogP contribution in [0.1, 0.15) is 10.7 Å². The molecule has 0 fully saturated rings. The number of non-ortho nitro benzene ring substituents is 1. The summed E-state index contributed by atoms with van der Waals surface area (Å²) in [4.78, 5) is 38.2. The number of amides is 2. The number of ether oxygens (including phenoxy) is 2. The lowest BCUT2D eigenvalue weighted by atomic mass is 10.2. The Labute approximate surface area is 181 Å². The van der Waals surface area contributed by atoms with Crippen LogP contribution in [0.5, 0.6) is 11.5 Å². The molecular formula is C20H19N5O7. The molecule has 0 aliphatic carbocycles. The van der Waals surface area contributed by atoms with Crippen LogP contribution in [0.3, 0.4) is 0 Å². The molecule has 0 radical (unpaired) electrons. The SMILES string of the molecule is COc1ccc(OCC(=O)NCCNC(=O)c2nc(-c3cccc([N+](=O)[O-])c3)no2)cc1. The summed E-state index contributed by atoms with van der Waals surface area (Å²) in [6.07, 6.45) is 0. The van der Waals surface area contributed by atoms with Gasteiger partial charge in [0, 0.05) is 30.8 Å². The van der Waals surface area contributed by atoms with Crippen LogP contribution in [-0.2, 0) is 4.79 Å². The van der Waals surface area contributed by atoms with Crippen molar-refractivity contribution in [1.82, 2.24) is 20.8 Å². The van der Waals surface area contributed by atoms with Gasteiger partial charge in [0.15, 0.2) is 6.61 Å². The number of methoxy groups -OCH3 is 1. The number of nitro benzene ring substituents is 1. The molecule has 12 heteroatoms. The van der Waals surface area contributed by atoms with Gasteiger partial charge in [-0.3, -0.25) is 19.7 Å². The van der Waals surface area contributed by atoms with Crippen LogP contribution in [0.25, 0.3) is 11.4 Å². The normalized spacial score (nSPS) is 10.3. The Balaban J connectivity index is 1.41. The molecule has 12 nitrogen and oxygen atoms in total. The Bertz CT molecular complexity index is 1100. The number of nitro groups is 1. The predicted octanol–water partition coefficient (Wildman–Crippen LogP) is 1.58. The van der Waals surface area contributed by atoms with Crippen molar-refractivity contribution >= 4 is 17.5 Å². The fourth-order valence-electron chi connectivity index (χ4n) is 2.52.